The lowest BCUT2D eigenvalue weighted by Gasteiger charge is -2.08. The van der Waals surface area contributed by atoms with Gasteiger partial charge in [-0.2, -0.15) is 0 Å². The number of nitrogens with zero attached hydrogens (tertiary/aromatic N) is 2. The van der Waals surface area contributed by atoms with Crippen molar-refractivity contribution >= 4 is 33.1 Å². The normalized spacial score (nSPS) is 11.1. The minimum Gasteiger partial charge on any atom is -0.492 e. The zero-order valence-electron chi connectivity index (χ0n) is 10.9. The highest BCUT2D eigenvalue weighted by Crippen LogP contribution is 2.14. The maximum atomic E-state index is 11.8. The van der Waals surface area contributed by atoms with E-state index in [0.717, 1.165) is 0 Å². The summed E-state index contributed by atoms with van der Waals surface area (Å²) in [6.45, 7) is -0.0141. The number of benzene rings is 1. The number of hydrogen-bond donors (Lipinski definition) is 2. The maximum absolute atomic E-state index is 11.8. The molecule has 2 aromatic rings. The van der Waals surface area contributed by atoms with Gasteiger partial charge in [0.25, 0.3) is 0 Å². The summed E-state index contributed by atoms with van der Waals surface area (Å²) in [5.74, 6) is 0.381. The first kappa shape index (κ1) is 15.3. The minimum absolute atomic E-state index is 0.0141. The molecule has 1 aromatic carbocycles. The van der Waals surface area contributed by atoms with Crippen LogP contribution in [0.1, 0.15) is 0 Å². The van der Waals surface area contributed by atoms with Gasteiger partial charge in [-0.15, -0.1) is 10.2 Å². The first-order chi connectivity index (χ1) is 9.94. The Morgan fingerprint density at radius 1 is 1.24 bits per heavy atom. The summed E-state index contributed by atoms with van der Waals surface area (Å²) >= 11 is 5.57. The second-order valence-corrected chi connectivity index (χ2v) is 6.31. The molecule has 0 saturated carbocycles. The van der Waals surface area contributed by atoms with Crippen molar-refractivity contribution in [1.82, 2.24) is 10.2 Å². The molecule has 0 radical (unpaired) electrons. The summed E-state index contributed by atoms with van der Waals surface area (Å²) < 4.78 is 31.3. The molecule has 0 unspecified atom stereocenters. The topological polar surface area (TPSA) is 107 Å². The number of ether oxygens (including phenoxy) is 1. The molecule has 0 spiro atoms. The largest absolute Gasteiger partial charge is 0.492 e. The number of nitrogens with two attached hydrogens (primary N) is 1. The maximum Gasteiger partial charge on any atom is 0.237 e. The van der Waals surface area contributed by atoms with Crippen LogP contribution in [0.2, 0.25) is 5.15 Å². The van der Waals surface area contributed by atoms with Crippen LogP contribution in [0.4, 0.5) is 11.5 Å². The lowest BCUT2D eigenvalue weighted by Crippen LogP contribution is -2.22. The fourth-order valence-corrected chi connectivity index (χ4v) is 2.39. The molecule has 3 N–H and O–H groups in total. The van der Waals surface area contributed by atoms with E-state index in [4.69, 9.17) is 22.1 Å². The summed E-state index contributed by atoms with van der Waals surface area (Å²) in [5.41, 5.74) is 6.14. The molecule has 0 bridgehead atoms. The Bertz CT molecular complexity index is 707. The highest BCUT2D eigenvalue weighted by Gasteiger charge is 2.12. The number of hydrogen-bond acceptors (Lipinski definition) is 6. The second kappa shape index (κ2) is 6.59. The van der Waals surface area contributed by atoms with Gasteiger partial charge in [-0.1, -0.05) is 17.7 Å². The highest BCUT2D eigenvalue weighted by molar-refractivity contribution is 7.92. The second-order valence-electron chi connectivity index (χ2n) is 4.08. The molecule has 0 aliphatic rings. The van der Waals surface area contributed by atoms with Crippen molar-refractivity contribution < 1.29 is 13.2 Å². The van der Waals surface area contributed by atoms with Crippen molar-refractivity contribution in [1.29, 1.82) is 0 Å². The molecule has 1 heterocycles. The van der Waals surface area contributed by atoms with E-state index in [1.165, 1.54) is 12.1 Å². The van der Waals surface area contributed by atoms with E-state index in [2.05, 4.69) is 14.9 Å². The van der Waals surface area contributed by atoms with Gasteiger partial charge in [-0.25, -0.2) is 8.42 Å². The van der Waals surface area contributed by atoms with Crippen LogP contribution in [0.25, 0.3) is 0 Å². The zero-order valence-corrected chi connectivity index (χ0v) is 12.4. The van der Waals surface area contributed by atoms with Crippen LogP contribution in [0.15, 0.2) is 36.4 Å². The van der Waals surface area contributed by atoms with Gasteiger partial charge >= 0.3 is 0 Å². The molecule has 0 saturated heterocycles. The van der Waals surface area contributed by atoms with Gasteiger partial charge in [-0.3, -0.25) is 4.72 Å². The Balaban J connectivity index is 1.88. The van der Waals surface area contributed by atoms with Crippen LogP contribution < -0.4 is 15.2 Å². The van der Waals surface area contributed by atoms with Crippen LogP contribution in [0.3, 0.4) is 0 Å². The molecule has 0 fully saturated rings. The van der Waals surface area contributed by atoms with Crippen LogP contribution >= 0.6 is 11.6 Å². The fraction of sp³-hybridized carbons (Fsp3) is 0.167. The standard InChI is InChI=1S/C12H13ClN4O3S/c13-11-4-5-12(16-15-11)17-21(18,19)7-6-20-10-3-1-2-9(14)8-10/h1-5,8H,6-7,14H2,(H,16,17). The van der Waals surface area contributed by atoms with Crippen molar-refractivity contribution in [2.24, 2.45) is 0 Å². The molecule has 0 amide bonds. The molecule has 9 heteroatoms. The van der Waals surface area contributed by atoms with Crippen LogP contribution in [0, 0.1) is 0 Å². The van der Waals surface area contributed by atoms with Gasteiger partial charge < -0.3 is 10.5 Å². The van der Waals surface area contributed by atoms with Gasteiger partial charge in [-0.05, 0) is 24.3 Å². The number of aromatic nitrogens is 2. The number of sulfonamides is 1. The van der Waals surface area contributed by atoms with E-state index < -0.39 is 10.0 Å². The lowest BCUT2D eigenvalue weighted by molar-refractivity contribution is 0.341. The van der Waals surface area contributed by atoms with Crippen LogP contribution in [0.5, 0.6) is 5.75 Å². The Labute approximate surface area is 127 Å². The number of anilines is 2. The average molecular weight is 329 g/mol. The predicted octanol–water partition coefficient (Wildman–Crippen LogP) is 1.53. The van der Waals surface area contributed by atoms with Gasteiger partial charge in [0.1, 0.15) is 18.1 Å². The first-order valence-electron chi connectivity index (χ1n) is 5.93. The van der Waals surface area contributed by atoms with E-state index in [-0.39, 0.29) is 23.3 Å². The molecule has 7 nitrogen and oxygen atoms in total. The van der Waals surface area contributed by atoms with E-state index in [1.54, 1.807) is 24.3 Å². The molecule has 1 aromatic heterocycles. The molecule has 21 heavy (non-hydrogen) atoms. The van der Waals surface area contributed by atoms with Crippen molar-refractivity contribution in [3.63, 3.8) is 0 Å². The number of halogens is 1. The van der Waals surface area contributed by atoms with Crippen molar-refractivity contribution in [3.05, 3.63) is 41.6 Å². The molecule has 2 rings (SSSR count). The predicted molar refractivity (Wildman–Crippen MR) is 80.8 cm³/mol. The molecule has 0 atom stereocenters. The summed E-state index contributed by atoms with van der Waals surface area (Å²) in [7, 11) is -3.58. The van der Waals surface area contributed by atoms with E-state index in [0.29, 0.717) is 11.4 Å². The highest BCUT2D eigenvalue weighted by atomic mass is 35.5. The van der Waals surface area contributed by atoms with Gasteiger partial charge in [0.2, 0.25) is 10.0 Å². The molecule has 0 aliphatic heterocycles. The van der Waals surface area contributed by atoms with Gasteiger partial charge in [0, 0.05) is 11.8 Å². The van der Waals surface area contributed by atoms with E-state index >= 15 is 0 Å². The molecular weight excluding hydrogens is 316 g/mol. The lowest BCUT2D eigenvalue weighted by atomic mass is 10.3. The van der Waals surface area contributed by atoms with E-state index in [1.807, 2.05) is 0 Å². The Hall–Kier alpha value is -2.06. The first-order valence-corrected chi connectivity index (χ1v) is 7.96. The summed E-state index contributed by atoms with van der Waals surface area (Å²) in [6, 6.07) is 9.61. The third-order valence-corrected chi connectivity index (χ3v) is 3.80. The van der Waals surface area contributed by atoms with Crippen molar-refractivity contribution in [2.45, 2.75) is 0 Å². The molecule has 112 valence electrons. The van der Waals surface area contributed by atoms with Crippen molar-refractivity contribution in [2.75, 3.05) is 22.8 Å². The third kappa shape index (κ3) is 5.09. The molecule has 0 aliphatic carbocycles. The minimum atomic E-state index is -3.58. The third-order valence-electron chi connectivity index (χ3n) is 2.37. The number of rotatable bonds is 6. The number of nitrogens with one attached hydrogen (secondary N) is 1. The van der Waals surface area contributed by atoms with E-state index in [9.17, 15) is 8.42 Å². The summed E-state index contributed by atoms with van der Waals surface area (Å²) in [6.07, 6.45) is 0. The Kier molecular flexibility index (Phi) is 4.81. The quantitative estimate of drug-likeness (QED) is 0.779. The van der Waals surface area contributed by atoms with Gasteiger partial charge in [0.05, 0.1) is 0 Å². The number of nitrogen functional groups attached to an aromatic ring is 1. The van der Waals surface area contributed by atoms with Crippen LogP contribution in [-0.2, 0) is 10.0 Å². The SMILES string of the molecule is Nc1cccc(OCCS(=O)(=O)Nc2ccc(Cl)nn2)c1. The Morgan fingerprint density at radius 2 is 2.05 bits per heavy atom. The average Bonchev–Trinajstić information content (AvgIpc) is 2.41. The summed E-state index contributed by atoms with van der Waals surface area (Å²) in [5, 5.41) is 7.34. The summed E-state index contributed by atoms with van der Waals surface area (Å²) in [4.78, 5) is 0. The monoisotopic (exact) mass is 328 g/mol. The zero-order chi connectivity index (χ0) is 15.3. The molecular formula is C12H13ClN4O3S. The van der Waals surface area contributed by atoms with Crippen molar-refractivity contribution in [3.8, 4) is 5.75 Å². The fourth-order valence-electron chi connectivity index (χ4n) is 1.45. The smallest absolute Gasteiger partial charge is 0.237 e. The Morgan fingerprint density at radius 3 is 2.71 bits per heavy atom. The van der Waals surface area contributed by atoms with Gasteiger partial charge in [0.15, 0.2) is 11.0 Å². The van der Waals surface area contributed by atoms with Crippen LogP contribution in [-0.4, -0.2) is 31.0 Å².